The first-order valence-corrected chi connectivity index (χ1v) is 10.2. The average Bonchev–Trinajstić information content (AvgIpc) is 2.63. The quantitative estimate of drug-likeness (QED) is 0.683. The second-order valence-corrected chi connectivity index (χ2v) is 8.24. The van der Waals surface area contributed by atoms with Gasteiger partial charge in [-0.15, -0.1) is 0 Å². The lowest BCUT2D eigenvalue weighted by atomic mass is 10.2. The standard InChI is InChI=1S/C19H21N3O5S/c1-12-3-6-15(7-4-12)28(25,26)20-10-9-18(23)21-14-5-8-17-16(11-14)22-19(24)13(2)27-17/h3-8,11,13,20H,9-10H2,1-2H3,(H,21,23)(H,22,24). The van der Waals surface area contributed by atoms with Crippen molar-refractivity contribution in [1.29, 1.82) is 0 Å². The Morgan fingerprint density at radius 1 is 1.18 bits per heavy atom. The number of ether oxygens (including phenoxy) is 1. The van der Waals surface area contributed by atoms with Gasteiger partial charge in [0.15, 0.2) is 6.10 Å². The number of carbonyl (C=O) groups excluding carboxylic acids is 2. The number of benzene rings is 2. The van der Waals surface area contributed by atoms with Crippen molar-refractivity contribution in [2.24, 2.45) is 0 Å². The maximum Gasteiger partial charge on any atom is 0.265 e. The van der Waals surface area contributed by atoms with Crippen molar-refractivity contribution in [2.45, 2.75) is 31.3 Å². The number of hydrogen-bond donors (Lipinski definition) is 3. The molecule has 0 saturated heterocycles. The highest BCUT2D eigenvalue weighted by Crippen LogP contribution is 2.32. The molecule has 1 aliphatic heterocycles. The fourth-order valence-electron chi connectivity index (χ4n) is 2.61. The van der Waals surface area contributed by atoms with E-state index in [9.17, 15) is 18.0 Å². The summed E-state index contributed by atoms with van der Waals surface area (Å²) >= 11 is 0. The topological polar surface area (TPSA) is 114 Å². The summed E-state index contributed by atoms with van der Waals surface area (Å²) in [5.74, 6) is -0.0968. The van der Waals surface area contributed by atoms with Crippen LogP contribution in [-0.4, -0.2) is 32.9 Å². The Morgan fingerprint density at radius 2 is 1.89 bits per heavy atom. The van der Waals surface area contributed by atoms with Crippen LogP contribution in [0.25, 0.3) is 0 Å². The van der Waals surface area contributed by atoms with Crippen molar-refractivity contribution in [3.8, 4) is 5.75 Å². The largest absolute Gasteiger partial charge is 0.479 e. The Bertz CT molecular complexity index is 1000. The van der Waals surface area contributed by atoms with Gasteiger partial charge >= 0.3 is 0 Å². The molecule has 0 bridgehead atoms. The van der Waals surface area contributed by atoms with E-state index in [2.05, 4.69) is 15.4 Å². The van der Waals surface area contributed by atoms with Crippen LogP contribution in [0.2, 0.25) is 0 Å². The fourth-order valence-corrected chi connectivity index (χ4v) is 3.64. The maximum absolute atomic E-state index is 12.2. The highest BCUT2D eigenvalue weighted by molar-refractivity contribution is 7.89. The lowest BCUT2D eigenvalue weighted by molar-refractivity contribution is -0.122. The average molecular weight is 403 g/mol. The molecular formula is C19H21N3O5S. The van der Waals surface area contributed by atoms with E-state index in [0.29, 0.717) is 17.1 Å². The van der Waals surface area contributed by atoms with E-state index in [-0.39, 0.29) is 29.7 Å². The minimum atomic E-state index is -3.66. The normalized spacial score (nSPS) is 15.9. The number of fused-ring (bicyclic) bond motifs is 1. The molecule has 0 spiro atoms. The lowest BCUT2D eigenvalue weighted by Crippen LogP contribution is -2.34. The summed E-state index contributed by atoms with van der Waals surface area (Å²) in [6, 6.07) is 11.3. The van der Waals surface area contributed by atoms with Crippen molar-refractivity contribution in [3.05, 3.63) is 48.0 Å². The SMILES string of the molecule is Cc1ccc(S(=O)(=O)NCCC(=O)Nc2ccc3c(c2)NC(=O)C(C)O3)cc1. The van der Waals surface area contributed by atoms with Crippen LogP contribution in [0, 0.1) is 6.92 Å². The van der Waals surface area contributed by atoms with Gasteiger partial charge < -0.3 is 15.4 Å². The zero-order valence-electron chi connectivity index (χ0n) is 15.5. The van der Waals surface area contributed by atoms with Gasteiger partial charge in [0.2, 0.25) is 15.9 Å². The molecule has 1 heterocycles. The van der Waals surface area contributed by atoms with Crippen LogP contribution >= 0.6 is 0 Å². The molecule has 1 unspecified atom stereocenters. The second kappa shape index (κ2) is 7.99. The number of amides is 2. The Labute approximate surface area is 163 Å². The van der Waals surface area contributed by atoms with E-state index in [0.717, 1.165) is 5.56 Å². The van der Waals surface area contributed by atoms with E-state index < -0.39 is 16.1 Å². The molecule has 3 rings (SSSR count). The number of anilines is 2. The van der Waals surface area contributed by atoms with Crippen LogP contribution in [0.1, 0.15) is 18.9 Å². The Hall–Kier alpha value is -2.91. The predicted octanol–water partition coefficient (Wildman–Crippen LogP) is 2.02. The number of aryl methyl sites for hydroxylation is 1. The summed E-state index contributed by atoms with van der Waals surface area (Å²) in [5.41, 5.74) is 1.91. The molecule has 2 amide bonds. The van der Waals surface area contributed by atoms with Crippen molar-refractivity contribution in [2.75, 3.05) is 17.2 Å². The zero-order valence-corrected chi connectivity index (χ0v) is 16.3. The van der Waals surface area contributed by atoms with Crippen LogP contribution in [-0.2, 0) is 19.6 Å². The van der Waals surface area contributed by atoms with E-state index in [1.54, 1.807) is 37.3 Å². The molecule has 3 N–H and O–H groups in total. The summed E-state index contributed by atoms with van der Waals surface area (Å²) in [6.45, 7) is 3.48. The number of hydrogen-bond acceptors (Lipinski definition) is 5. The first-order chi connectivity index (χ1) is 13.2. The van der Waals surface area contributed by atoms with Gasteiger partial charge in [0, 0.05) is 18.7 Å². The third kappa shape index (κ3) is 4.68. The number of rotatable bonds is 6. The predicted molar refractivity (Wildman–Crippen MR) is 105 cm³/mol. The van der Waals surface area contributed by atoms with Crippen molar-refractivity contribution >= 4 is 33.2 Å². The van der Waals surface area contributed by atoms with Crippen molar-refractivity contribution < 1.29 is 22.7 Å². The van der Waals surface area contributed by atoms with Crippen LogP contribution in [0.5, 0.6) is 5.75 Å². The molecule has 0 fully saturated rings. The molecule has 0 aromatic heterocycles. The van der Waals surface area contributed by atoms with Gasteiger partial charge in [-0.05, 0) is 44.2 Å². The summed E-state index contributed by atoms with van der Waals surface area (Å²) in [4.78, 5) is 23.9. The highest BCUT2D eigenvalue weighted by atomic mass is 32.2. The summed E-state index contributed by atoms with van der Waals surface area (Å²) < 4.78 is 32.3. The Morgan fingerprint density at radius 3 is 2.61 bits per heavy atom. The molecule has 1 atom stereocenters. The minimum absolute atomic E-state index is 0.0374. The summed E-state index contributed by atoms with van der Waals surface area (Å²) in [5, 5.41) is 5.37. The van der Waals surface area contributed by atoms with Gasteiger partial charge in [-0.1, -0.05) is 17.7 Å². The molecule has 28 heavy (non-hydrogen) atoms. The molecule has 0 aliphatic carbocycles. The first kappa shape index (κ1) is 19.8. The Kier molecular flexibility index (Phi) is 5.66. The third-order valence-electron chi connectivity index (χ3n) is 4.17. The number of carbonyl (C=O) groups is 2. The molecule has 0 saturated carbocycles. The van der Waals surface area contributed by atoms with E-state index in [1.165, 1.54) is 12.1 Å². The van der Waals surface area contributed by atoms with Gasteiger partial charge in [0.1, 0.15) is 5.75 Å². The van der Waals surface area contributed by atoms with Gasteiger partial charge in [-0.25, -0.2) is 13.1 Å². The third-order valence-corrected chi connectivity index (χ3v) is 5.65. The van der Waals surface area contributed by atoms with Crippen LogP contribution < -0.4 is 20.1 Å². The smallest absolute Gasteiger partial charge is 0.265 e. The summed E-state index contributed by atoms with van der Waals surface area (Å²) in [7, 11) is -3.66. The minimum Gasteiger partial charge on any atom is -0.479 e. The molecular weight excluding hydrogens is 382 g/mol. The zero-order chi connectivity index (χ0) is 20.3. The number of sulfonamides is 1. The highest BCUT2D eigenvalue weighted by Gasteiger charge is 2.23. The van der Waals surface area contributed by atoms with E-state index in [4.69, 9.17) is 4.74 Å². The first-order valence-electron chi connectivity index (χ1n) is 8.72. The van der Waals surface area contributed by atoms with Gasteiger partial charge in [0.25, 0.3) is 5.91 Å². The maximum atomic E-state index is 12.2. The van der Waals surface area contributed by atoms with Crippen LogP contribution in [0.4, 0.5) is 11.4 Å². The van der Waals surface area contributed by atoms with Gasteiger partial charge in [-0.2, -0.15) is 0 Å². The molecule has 148 valence electrons. The van der Waals surface area contributed by atoms with E-state index >= 15 is 0 Å². The molecule has 0 radical (unpaired) electrons. The second-order valence-electron chi connectivity index (χ2n) is 6.47. The fraction of sp³-hybridized carbons (Fsp3) is 0.263. The van der Waals surface area contributed by atoms with Gasteiger partial charge in [-0.3, -0.25) is 9.59 Å². The van der Waals surface area contributed by atoms with Crippen molar-refractivity contribution in [1.82, 2.24) is 4.72 Å². The molecule has 8 nitrogen and oxygen atoms in total. The molecule has 2 aromatic carbocycles. The van der Waals surface area contributed by atoms with Gasteiger partial charge in [0.05, 0.1) is 10.6 Å². The van der Waals surface area contributed by atoms with Crippen LogP contribution in [0.15, 0.2) is 47.4 Å². The summed E-state index contributed by atoms with van der Waals surface area (Å²) in [6.07, 6.45) is -0.614. The van der Waals surface area contributed by atoms with Crippen molar-refractivity contribution in [3.63, 3.8) is 0 Å². The van der Waals surface area contributed by atoms with E-state index in [1.807, 2.05) is 6.92 Å². The van der Waals surface area contributed by atoms with Crippen LogP contribution in [0.3, 0.4) is 0 Å². The monoisotopic (exact) mass is 403 g/mol. The molecule has 2 aromatic rings. The molecule has 9 heteroatoms. The molecule has 1 aliphatic rings. The lowest BCUT2D eigenvalue weighted by Gasteiger charge is -2.23. The Balaban J connectivity index is 1.54. The number of nitrogens with one attached hydrogen (secondary N) is 3.